The number of halogens is 3. The number of nitrogens with two attached hydrogens (primary N) is 1. The lowest BCUT2D eigenvalue weighted by molar-refractivity contribution is -0.147. The van der Waals surface area contributed by atoms with Gasteiger partial charge in [-0.15, -0.1) is 0 Å². The van der Waals surface area contributed by atoms with Crippen LogP contribution in [0.1, 0.15) is 26.7 Å². The normalized spacial score (nSPS) is 15.2. The van der Waals surface area contributed by atoms with Gasteiger partial charge in [0.1, 0.15) is 0 Å². The first-order valence-corrected chi connectivity index (χ1v) is 5.57. The molecule has 0 saturated carbocycles. The quantitative estimate of drug-likeness (QED) is 0.778. The summed E-state index contributed by atoms with van der Waals surface area (Å²) in [6.45, 7) is 2.87. The number of amides is 1. The lowest BCUT2D eigenvalue weighted by Gasteiger charge is -2.31. The Kier molecular flexibility index (Phi) is 5.38. The van der Waals surface area contributed by atoms with Crippen LogP contribution in [0.15, 0.2) is 0 Å². The first-order valence-electron chi connectivity index (χ1n) is 5.17. The molecule has 0 spiro atoms. The molecule has 0 aliphatic heterocycles. The van der Waals surface area contributed by atoms with Crippen LogP contribution < -0.4 is 5.73 Å². The van der Waals surface area contributed by atoms with Crippen LogP contribution in [0, 0.1) is 5.41 Å². The number of carbonyl (C=O) groups excluding carboxylic acids is 1. The maximum absolute atomic E-state index is 12.0. The van der Waals surface area contributed by atoms with Gasteiger partial charge in [0.05, 0.1) is 16.8 Å². The number of carbonyl (C=O) groups is 1. The topological polar surface area (TPSA) is 46.3 Å². The van der Waals surface area contributed by atoms with Crippen LogP contribution in [0.4, 0.5) is 13.2 Å². The Morgan fingerprint density at radius 2 is 1.88 bits per heavy atom. The highest BCUT2D eigenvalue weighted by Gasteiger charge is 2.38. The Labute approximate surface area is 104 Å². The third-order valence-corrected chi connectivity index (χ3v) is 3.25. The van der Waals surface area contributed by atoms with E-state index in [9.17, 15) is 18.0 Å². The van der Waals surface area contributed by atoms with Crippen LogP contribution in [0.25, 0.3) is 0 Å². The molecule has 0 fully saturated rings. The van der Waals surface area contributed by atoms with E-state index in [1.54, 1.807) is 13.8 Å². The highest BCUT2D eigenvalue weighted by Crippen LogP contribution is 2.26. The van der Waals surface area contributed by atoms with E-state index < -0.39 is 23.9 Å². The van der Waals surface area contributed by atoms with Crippen molar-refractivity contribution in [1.29, 1.82) is 0 Å². The highest BCUT2D eigenvalue weighted by atomic mass is 32.1. The van der Waals surface area contributed by atoms with Gasteiger partial charge in [-0.25, -0.2) is 0 Å². The Balaban J connectivity index is 4.64. The van der Waals surface area contributed by atoms with Crippen molar-refractivity contribution in [3.8, 4) is 0 Å². The molecule has 2 N–H and O–H groups in total. The van der Waals surface area contributed by atoms with Crippen LogP contribution in [-0.4, -0.2) is 35.6 Å². The molecule has 0 bridgehead atoms. The third kappa shape index (κ3) is 4.49. The Hall–Kier alpha value is -0.850. The minimum absolute atomic E-state index is 0.00357. The van der Waals surface area contributed by atoms with Gasteiger partial charge in [-0.2, -0.15) is 13.2 Å². The van der Waals surface area contributed by atoms with Crippen molar-refractivity contribution >= 4 is 23.1 Å². The number of alkyl halides is 3. The first kappa shape index (κ1) is 16.1. The van der Waals surface area contributed by atoms with Crippen LogP contribution in [-0.2, 0) is 4.79 Å². The predicted molar refractivity (Wildman–Crippen MR) is 63.5 cm³/mol. The van der Waals surface area contributed by atoms with Crippen molar-refractivity contribution in [2.24, 2.45) is 11.1 Å². The third-order valence-electron chi connectivity index (χ3n) is 2.80. The van der Waals surface area contributed by atoms with Crippen molar-refractivity contribution in [3.05, 3.63) is 0 Å². The Morgan fingerprint density at radius 3 is 2.18 bits per heavy atom. The molecule has 0 aliphatic rings. The van der Waals surface area contributed by atoms with Crippen molar-refractivity contribution in [3.63, 3.8) is 0 Å². The highest BCUT2D eigenvalue weighted by molar-refractivity contribution is 7.80. The smallest absolute Gasteiger partial charge is 0.390 e. The maximum atomic E-state index is 12.0. The van der Waals surface area contributed by atoms with E-state index in [4.69, 9.17) is 18.0 Å². The van der Waals surface area contributed by atoms with E-state index in [2.05, 4.69) is 0 Å². The summed E-state index contributed by atoms with van der Waals surface area (Å²) >= 11 is 4.79. The first-order chi connectivity index (χ1) is 7.54. The lowest BCUT2D eigenvalue weighted by atomic mass is 9.86. The standard InChI is InChI=1S/C10H17F3N2OS/c1-4-9(2,7(14)17)8(16)15(3)6-5-10(11,12)13/h4-6H2,1-3H3,(H2,14,17). The van der Waals surface area contributed by atoms with E-state index in [1.807, 2.05) is 0 Å². The maximum Gasteiger partial charge on any atom is 0.390 e. The van der Waals surface area contributed by atoms with E-state index in [0.717, 1.165) is 4.90 Å². The van der Waals surface area contributed by atoms with Gasteiger partial charge in [0, 0.05) is 13.6 Å². The van der Waals surface area contributed by atoms with Crippen molar-refractivity contribution < 1.29 is 18.0 Å². The summed E-state index contributed by atoms with van der Waals surface area (Å²) in [5.74, 6) is -0.475. The van der Waals surface area contributed by atoms with Gasteiger partial charge in [0.25, 0.3) is 0 Å². The molecule has 0 rings (SSSR count). The van der Waals surface area contributed by atoms with Crippen molar-refractivity contribution in [1.82, 2.24) is 4.90 Å². The zero-order valence-electron chi connectivity index (χ0n) is 10.1. The fourth-order valence-electron chi connectivity index (χ4n) is 1.25. The second-order valence-electron chi connectivity index (χ2n) is 4.14. The van der Waals surface area contributed by atoms with Crippen LogP contribution in [0.3, 0.4) is 0 Å². The molecule has 7 heteroatoms. The van der Waals surface area contributed by atoms with E-state index >= 15 is 0 Å². The van der Waals surface area contributed by atoms with E-state index in [1.165, 1.54) is 7.05 Å². The zero-order valence-corrected chi connectivity index (χ0v) is 10.9. The summed E-state index contributed by atoms with van der Waals surface area (Å²) in [7, 11) is 1.32. The molecule has 0 aromatic carbocycles. The molecule has 0 radical (unpaired) electrons. The summed E-state index contributed by atoms with van der Waals surface area (Å²) < 4.78 is 36.1. The summed E-state index contributed by atoms with van der Waals surface area (Å²) in [4.78, 5) is 13.0. The predicted octanol–water partition coefficient (Wildman–Crippen LogP) is 2.10. The van der Waals surface area contributed by atoms with Gasteiger partial charge >= 0.3 is 6.18 Å². The summed E-state index contributed by atoms with van der Waals surface area (Å²) in [6.07, 6.45) is -4.95. The lowest BCUT2D eigenvalue weighted by Crippen LogP contribution is -2.47. The molecule has 1 unspecified atom stereocenters. The number of nitrogens with zero attached hydrogens (tertiary/aromatic N) is 1. The minimum Gasteiger partial charge on any atom is -0.392 e. The van der Waals surface area contributed by atoms with Crippen molar-refractivity contribution in [2.75, 3.05) is 13.6 Å². The number of rotatable bonds is 5. The fraction of sp³-hybridized carbons (Fsp3) is 0.800. The zero-order chi connectivity index (χ0) is 13.9. The second kappa shape index (κ2) is 5.66. The Morgan fingerprint density at radius 1 is 1.41 bits per heavy atom. The molecule has 1 atom stereocenters. The number of thiocarbonyl (C=S) groups is 1. The van der Waals surface area contributed by atoms with Gasteiger partial charge in [0.15, 0.2) is 0 Å². The minimum atomic E-state index is -4.28. The average molecular weight is 270 g/mol. The van der Waals surface area contributed by atoms with E-state index in [-0.39, 0.29) is 11.5 Å². The number of hydrogen-bond acceptors (Lipinski definition) is 2. The Bertz CT molecular complexity index is 306. The fourth-order valence-corrected chi connectivity index (χ4v) is 1.48. The molecule has 3 nitrogen and oxygen atoms in total. The van der Waals surface area contributed by atoms with Crippen LogP contribution in [0.2, 0.25) is 0 Å². The molecule has 100 valence electrons. The molecule has 0 aromatic rings. The largest absolute Gasteiger partial charge is 0.392 e. The molecular formula is C10H17F3N2OS. The summed E-state index contributed by atoms with van der Waals surface area (Å²) in [5.41, 5.74) is 4.39. The second-order valence-corrected chi connectivity index (χ2v) is 4.58. The molecule has 17 heavy (non-hydrogen) atoms. The summed E-state index contributed by atoms with van der Waals surface area (Å²) in [6, 6.07) is 0. The van der Waals surface area contributed by atoms with Gasteiger partial charge in [-0.05, 0) is 13.3 Å². The van der Waals surface area contributed by atoms with Crippen molar-refractivity contribution in [2.45, 2.75) is 32.9 Å². The molecule has 0 heterocycles. The van der Waals surface area contributed by atoms with Crippen LogP contribution in [0.5, 0.6) is 0 Å². The molecular weight excluding hydrogens is 253 g/mol. The van der Waals surface area contributed by atoms with Gasteiger partial charge in [0.2, 0.25) is 5.91 Å². The average Bonchev–Trinajstić information content (AvgIpc) is 2.22. The number of hydrogen-bond donors (Lipinski definition) is 1. The van der Waals surface area contributed by atoms with E-state index in [0.29, 0.717) is 6.42 Å². The van der Waals surface area contributed by atoms with Gasteiger partial charge in [-0.3, -0.25) is 4.79 Å². The summed E-state index contributed by atoms with van der Waals surface area (Å²) in [5, 5.41) is 0. The van der Waals surface area contributed by atoms with Gasteiger partial charge in [-0.1, -0.05) is 19.1 Å². The van der Waals surface area contributed by atoms with Gasteiger partial charge < -0.3 is 10.6 Å². The molecule has 0 aromatic heterocycles. The van der Waals surface area contributed by atoms with Crippen LogP contribution >= 0.6 is 12.2 Å². The SMILES string of the molecule is CCC(C)(C(=O)N(C)CCC(F)(F)F)C(N)=S. The monoisotopic (exact) mass is 270 g/mol. The molecule has 1 amide bonds. The molecule has 0 saturated heterocycles. The molecule has 0 aliphatic carbocycles.